The third-order valence-electron chi connectivity index (χ3n) is 3.80. The van der Waals surface area contributed by atoms with Gasteiger partial charge in [-0.15, -0.1) is 11.3 Å². The Hall–Kier alpha value is -1.79. The van der Waals surface area contributed by atoms with Crippen LogP contribution in [0.1, 0.15) is 16.3 Å². The zero-order valence-electron chi connectivity index (χ0n) is 12.5. The molecule has 3 heterocycles. The Labute approximate surface area is 133 Å². The van der Waals surface area contributed by atoms with Crippen molar-refractivity contribution in [2.75, 3.05) is 13.2 Å². The molecule has 1 amide bonds. The molecular weight excluding hydrogens is 298 g/mol. The molecule has 1 aliphatic heterocycles. The van der Waals surface area contributed by atoms with Gasteiger partial charge in [-0.25, -0.2) is 4.98 Å². The van der Waals surface area contributed by atoms with Crippen LogP contribution in [0.3, 0.4) is 0 Å². The minimum atomic E-state index is 0.0144. The molecule has 3 rings (SSSR count). The second kappa shape index (κ2) is 6.98. The average Bonchev–Trinajstić information content (AvgIpc) is 3.10. The highest BCUT2D eigenvalue weighted by molar-refractivity contribution is 7.09. The fraction of sp³-hybridized carbons (Fsp3) is 0.438. The number of rotatable bonds is 5. The smallest absolute Gasteiger partial charge is 0.226 e. The molecule has 5 nitrogen and oxygen atoms in total. The van der Waals surface area contributed by atoms with E-state index < -0.39 is 0 Å². The topological polar surface area (TPSA) is 64.1 Å². The van der Waals surface area contributed by atoms with Crippen LogP contribution >= 0.6 is 11.3 Å². The summed E-state index contributed by atoms with van der Waals surface area (Å²) in [7, 11) is 0. The highest BCUT2D eigenvalue weighted by Crippen LogP contribution is 2.19. The monoisotopic (exact) mass is 317 g/mol. The van der Waals surface area contributed by atoms with Crippen molar-refractivity contribution in [2.24, 2.45) is 5.92 Å². The van der Waals surface area contributed by atoms with Gasteiger partial charge in [-0.05, 0) is 31.0 Å². The molecular formula is C16H19N3O2S. The predicted octanol–water partition coefficient (Wildman–Crippen LogP) is 1.76. The van der Waals surface area contributed by atoms with Crippen molar-refractivity contribution in [3.63, 3.8) is 0 Å². The van der Waals surface area contributed by atoms with Gasteiger partial charge in [-0.2, -0.15) is 0 Å². The second-order valence-electron chi connectivity index (χ2n) is 5.57. The van der Waals surface area contributed by atoms with Crippen molar-refractivity contribution >= 4 is 17.2 Å². The Morgan fingerprint density at radius 2 is 2.23 bits per heavy atom. The number of nitrogens with zero attached hydrogens (tertiary/aromatic N) is 2. The number of aromatic nitrogens is 2. The van der Waals surface area contributed by atoms with E-state index in [9.17, 15) is 4.79 Å². The fourth-order valence-corrected chi connectivity index (χ4v) is 3.31. The van der Waals surface area contributed by atoms with Gasteiger partial charge >= 0.3 is 0 Å². The zero-order valence-corrected chi connectivity index (χ0v) is 13.3. The first-order valence-corrected chi connectivity index (χ1v) is 8.25. The lowest BCUT2D eigenvalue weighted by atomic mass is 9.95. The summed E-state index contributed by atoms with van der Waals surface area (Å²) in [5, 5.41) is 6.02. The molecule has 6 heteroatoms. The van der Waals surface area contributed by atoms with E-state index in [-0.39, 0.29) is 11.9 Å². The molecule has 0 unspecified atom stereocenters. The molecule has 1 saturated heterocycles. The third kappa shape index (κ3) is 3.90. The summed E-state index contributed by atoms with van der Waals surface area (Å²) in [4.78, 5) is 20.5. The van der Waals surface area contributed by atoms with E-state index in [1.165, 1.54) is 5.56 Å². The Kier molecular flexibility index (Phi) is 4.80. The molecule has 0 saturated carbocycles. The molecule has 1 aliphatic rings. The van der Waals surface area contributed by atoms with Crippen molar-refractivity contribution < 1.29 is 9.53 Å². The lowest BCUT2D eigenvalue weighted by Gasteiger charge is -2.19. The summed E-state index contributed by atoms with van der Waals surface area (Å²) < 4.78 is 5.55. The van der Waals surface area contributed by atoms with Gasteiger partial charge in [0.2, 0.25) is 5.91 Å². The molecule has 116 valence electrons. The van der Waals surface area contributed by atoms with E-state index in [0.29, 0.717) is 25.6 Å². The molecule has 1 N–H and O–H groups in total. The van der Waals surface area contributed by atoms with Crippen LogP contribution in [-0.2, 0) is 22.4 Å². The zero-order chi connectivity index (χ0) is 15.4. The Balaban J connectivity index is 1.55. The minimum absolute atomic E-state index is 0.0144. The SMILES string of the molecule is Cc1nc(CC(=O)N[C@H]2COC[C@H]2Cc2ccncc2)cs1. The number of pyridine rings is 1. The van der Waals surface area contributed by atoms with Crippen LogP contribution in [0.15, 0.2) is 29.9 Å². The van der Waals surface area contributed by atoms with Gasteiger partial charge in [0.05, 0.1) is 36.4 Å². The van der Waals surface area contributed by atoms with E-state index in [2.05, 4.69) is 15.3 Å². The molecule has 2 atom stereocenters. The summed E-state index contributed by atoms with van der Waals surface area (Å²) >= 11 is 1.57. The van der Waals surface area contributed by atoms with Gasteiger partial charge in [0.15, 0.2) is 0 Å². The number of thiazole rings is 1. The Morgan fingerprint density at radius 3 is 2.95 bits per heavy atom. The van der Waals surface area contributed by atoms with Crippen molar-refractivity contribution in [3.8, 4) is 0 Å². The summed E-state index contributed by atoms with van der Waals surface area (Å²) in [5.41, 5.74) is 2.06. The van der Waals surface area contributed by atoms with Crippen LogP contribution < -0.4 is 5.32 Å². The molecule has 0 radical (unpaired) electrons. The van der Waals surface area contributed by atoms with Crippen LogP contribution in [0.25, 0.3) is 0 Å². The first-order chi connectivity index (χ1) is 10.7. The number of aryl methyl sites for hydroxylation is 1. The molecule has 0 aromatic carbocycles. The third-order valence-corrected chi connectivity index (χ3v) is 4.62. The van der Waals surface area contributed by atoms with Gasteiger partial charge in [-0.1, -0.05) is 0 Å². The predicted molar refractivity (Wildman–Crippen MR) is 84.7 cm³/mol. The summed E-state index contributed by atoms with van der Waals surface area (Å²) in [5.74, 6) is 0.323. The number of carbonyl (C=O) groups is 1. The van der Waals surface area contributed by atoms with Crippen molar-refractivity contribution in [1.29, 1.82) is 0 Å². The van der Waals surface area contributed by atoms with Crippen LogP contribution in [-0.4, -0.2) is 35.1 Å². The summed E-state index contributed by atoms with van der Waals surface area (Å²) in [6.07, 6.45) is 4.82. The van der Waals surface area contributed by atoms with Crippen molar-refractivity contribution in [1.82, 2.24) is 15.3 Å². The quantitative estimate of drug-likeness (QED) is 0.913. The average molecular weight is 317 g/mol. The van der Waals surface area contributed by atoms with E-state index in [1.807, 2.05) is 24.4 Å². The fourth-order valence-electron chi connectivity index (χ4n) is 2.69. The molecule has 0 spiro atoms. The Bertz CT molecular complexity index is 629. The highest BCUT2D eigenvalue weighted by Gasteiger charge is 2.29. The number of hydrogen-bond acceptors (Lipinski definition) is 5. The normalized spacial score (nSPS) is 21.0. The lowest BCUT2D eigenvalue weighted by Crippen LogP contribution is -2.41. The second-order valence-corrected chi connectivity index (χ2v) is 6.63. The summed E-state index contributed by atoms with van der Waals surface area (Å²) in [6.45, 7) is 3.21. The number of hydrogen-bond donors (Lipinski definition) is 1. The number of ether oxygens (including phenoxy) is 1. The van der Waals surface area contributed by atoms with Gasteiger partial charge in [0.25, 0.3) is 0 Å². The Morgan fingerprint density at radius 1 is 1.41 bits per heavy atom. The first-order valence-electron chi connectivity index (χ1n) is 7.38. The maximum Gasteiger partial charge on any atom is 0.226 e. The maximum atomic E-state index is 12.2. The first kappa shape index (κ1) is 15.1. The lowest BCUT2D eigenvalue weighted by molar-refractivity contribution is -0.121. The van der Waals surface area contributed by atoms with Gasteiger partial charge in [-0.3, -0.25) is 9.78 Å². The van der Waals surface area contributed by atoms with E-state index >= 15 is 0 Å². The summed E-state index contributed by atoms with van der Waals surface area (Å²) in [6, 6.07) is 4.09. The molecule has 1 fully saturated rings. The van der Waals surface area contributed by atoms with Crippen LogP contribution in [0, 0.1) is 12.8 Å². The largest absolute Gasteiger partial charge is 0.379 e. The molecule has 0 bridgehead atoms. The number of carbonyl (C=O) groups excluding carboxylic acids is 1. The standard InChI is InChI=1S/C16H19N3O2S/c1-11-18-14(10-22-11)7-16(20)19-15-9-21-8-13(15)6-12-2-4-17-5-3-12/h2-5,10,13,15H,6-9H2,1H3,(H,19,20)/t13-,15+/m1/s1. The van der Waals surface area contributed by atoms with Gasteiger partial charge < -0.3 is 10.1 Å². The molecule has 2 aromatic heterocycles. The van der Waals surface area contributed by atoms with Crippen LogP contribution in [0.5, 0.6) is 0 Å². The highest BCUT2D eigenvalue weighted by atomic mass is 32.1. The number of amides is 1. The van der Waals surface area contributed by atoms with E-state index in [0.717, 1.165) is 17.1 Å². The van der Waals surface area contributed by atoms with Crippen LogP contribution in [0.4, 0.5) is 0 Å². The molecule has 2 aromatic rings. The maximum absolute atomic E-state index is 12.2. The number of nitrogens with one attached hydrogen (secondary N) is 1. The van der Waals surface area contributed by atoms with E-state index in [4.69, 9.17) is 4.74 Å². The molecule has 22 heavy (non-hydrogen) atoms. The van der Waals surface area contributed by atoms with Crippen molar-refractivity contribution in [2.45, 2.75) is 25.8 Å². The molecule has 0 aliphatic carbocycles. The minimum Gasteiger partial charge on any atom is -0.379 e. The van der Waals surface area contributed by atoms with Gasteiger partial charge in [0, 0.05) is 23.7 Å². The van der Waals surface area contributed by atoms with Crippen LogP contribution in [0.2, 0.25) is 0 Å². The van der Waals surface area contributed by atoms with E-state index in [1.54, 1.807) is 23.7 Å². The van der Waals surface area contributed by atoms with Gasteiger partial charge in [0.1, 0.15) is 0 Å². The van der Waals surface area contributed by atoms with Crippen molar-refractivity contribution in [3.05, 3.63) is 46.2 Å².